The summed E-state index contributed by atoms with van der Waals surface area (Å²) in [6, 6.07) is 5.15. The Hall–Kier alpha value is -1.75. The number of nitrogens with zero attached hydrogens (tertiary/aromatic N) is 1. The lowest BCUT2D eigenvalue weighted by atomic mass is 9.98. The number of carbonyl (C=O) groups is 1. The van der Waals surface area contributed by atoms with Gasteiger partial charge in [-0.25, -0.2) is 4.79 Å². The van der Waals surface area contributed by atoms with Gasteiger partial charge in [0.1, 0.15) is 18.5 Å². The highest BCUT2D eigenvalue weighted by Crippen LogP contribution is 2.25. The maximum Gasteiger partial charge on any atom is 0.338 e. The van der Waals surface area contributed by atoms with Gasteiger partial charge in [-0.05, 0) is 69.8 Å². The highest BCUT2D eigenvalue weighted by Gasteiger charge is 2.19. The molecule has 0 atom stereocenters. The minimum atomic E-state index is -0.272. The van der Waals surface area contributed by atoms with Crippen molar-refractivity contribution in [3.63, 3.8) is 0 Å². The number of anilines is 1. The first kappa shape index (κ1) is 17.1. The molecule has 0 radical (unpaired) electrons. The number of hydrogen-bond donors (Lipinski definition) is 1. The molecule has 5 heteroatoms. The van der Waals surface area contributed by atoms with Crippen molar-refractivity contribution in [1.82, 2.24) is 4.90 Å². The van der Waals surface area contributed by atoms with Crippen LogP contribution in [0.4, 0.5) is 5.69 Å². The highest BCUT2D eigenvalue weighted by molar-refractivity contribution is 5.90. The fourth-order valence-electron chi connectivity index (χ4n) is 3.48. The summed E-state index contributed by atoms with van der Waals surface area (Å²) in [4.78, 5) is 14.7. The van der Waals surface area contributed by atoms with Crippen molar-refractivity contribution in [3.8, 4) is 5.75 Å². The average Bonchev–Trinajstić information content (AvgIpc) is 3.11. The van der Waals surface area contributed by atoms with Crippen LogP contribution in [0.15, 0.2) is 18.2 Å². The summed E-state index contributed by atoms with van der Waals surface area (Å²) < 4.78 is 11.4. The molecule has 2 N–H and O–H groups in total. The second kappa shape index (κ2) is 8.38. The highest BCUT2D eigenvalue weighted by atomic mass is 16.5. The Labute approximate surface area is 144 Å². The largest absolute Gasteiger partial charge is 0.490 e. The molecule has 1 aliphatic heterocycles. The Morgan fingerprint density at radius 3 is 2.62 bits per heavy atom. The van der Waals surface area contributed by atoms with Crippen LogP contribution in [0, 0.1) is 0 Å². The van der Waals surface area contributed by atoms with Crippen molar-refractivity contribution < 1.29 is 14.3 Å². The van der Waals surface area contributed by atoms with Gasteiger partial charge in [-0.3, -0.25) is 4.90 Å². The summed E-state index contributed by atoms with van der Waals surface area (Å²) in [7, 11) is 0. The van der Waals surface area contributed by atoms with Gasteiger partial charge in [0.25, 0.3) is 0 Å². The van der Waals surface area contributed by atoms with E-state index in [9.17, 15) is 4.79 Å². The molecule has 2 aliphatic rings. The van der Waals surface area contributed by atoms with Crippen LogP contribution in [-0.2, 0) is 4.74 Å². The summed E-state index contributed by atoms with van der Waals surface area (Å²) >= 11 is 0. The quantitative estimate of drug-likeness (QED) is 0.640. The van der Waals surface area contributed by atoms with Gasteiger partial charge in [-0.15, -0.1) is 0 Å². The normalized spacial score (nSPS) is 19.3. The maximum absolute atomic E-state index is 12.3. The van der Waals surface area contributed by atoms with Gasteiger partial charge in [0.15, 0.2) is 0 Å². The molecule has 0 bridgehead atoms. The Kier molecular flexibility index (Phi) is 5.96. The van der Waals surface area contributed by atoms with Gasteiger partial charge in [0.05, 0.1) is 11.3 Å². The van der Waals surface area contributed by atoms with Crippen molar-refractivity contribution in [2.24, 2.45) is 0 Å². The third-order valence-electron chi connectivity index (χ3n) is 4.94. The van der Waals surface area contributed by atoms with E-state index in [1.54, 1.807) is 18.2 Å². The molecule has 5 nitrogen and oxygen atoms in total. The van der Waals surface area contributed by atoms with Gasteiger partial charge < -0.3 is 15.2 Å². The monoisotopic (exact) mass is 332 g/mol. The predicted octanol–water partition coefficient (Wildman–Crippen LogP) is 3.23. The lowest BCUT2D eigenvalue weighted by molar-refractivity contribution is 0.0210. The molecule has 132 valence electrons. The number of nitrogen functional groups attached to an aromatic ring is 1. The number of esters is 1. The molecule has 0 amide bonds. The first-order valence-corrected chi connectivity index (χ1v) is 9.18. The number of benzene rings is 1. The second-order valence-corrected chi connectivity index (χ2v) is 6.82. The second-order valence-electron chi connectivity index (χ2n) is 6.82. The van der Waals surface area contributed by atoms with E-state index in [0.29, 0.717) is 23.6 Å². The molecule has 0 spiro atoms. The molecular formula is C19H28N2O3. The van der Waals surface area contributed by atoms with Crippen molar-refractivity contribution in [1.29, 1.82) is 0 Å². The van der Waals surface area contributed by atoms with Crippen LogP contribution >= 0.6 is 0 Å². The molecule has 1 saturated heterocycles. The number of nitrogens with two attached hydrogens (primary N) is 1. The fourth-order valence-corrected chi connectivity index (χ4v) is 3.48. The zero-order chi connectivity index (χ0) is 16.8. The zero-order valence-electron chi connectivity index (χ0n) is 14.3. The van der Waals surface area contributed by atoms with Gasteiger partial charge >= 0.3 is 5.97 Å². The smallest absolute Gasteiger partial charge is 0.338 e. The molecule has 3 rings (SSSR count). The van der Waals surface area contributed by atoms with Crippen LogP contribution in [-0.4, -0.2) is 43.2 Å². The topological polar surface area (TPSA) is 64.8 Å². The molecule has 2 fully saturated rings. The molecule has 1 heterocycles. The Morgan fingerprint density at radius 2 is 1.88 bits per heavy atom. The van der Waals surface area contributed by atoms with E-state index in [0.717, 1.165) is 45.3 Å². The van der Waals surface area contributed by atoms with Gasteiger partial charge in [-0.2, -0.15) is 0 Å². The van der Waals surface area contributed by atoms with E-state index in [1.165, 1.54) is 19.3 Å². The zero-order valence-corrected chi connectivity index (χ0v) is 14.3. The molecule has 1 aromatic rings. The summed E-state index contributed by atoms with van der Waals surface area (Å²) in [5, 5.41) is 0. The van der Waals surface area contributed by atoms with Crippen LogP contribution < -0.4 is 10.5 Å². The van der Waals surface area contributed by atoms with Crippen molar-refractivity contribution in [2.75, 3.05) is 32.0 Å². The maximum atomic E-state index is 12.3. The van der Waals surface area contributed by atoms with Crippen LogP contribution in [0.5, 0.6) is 5.75 Å². The Morgan fingerprint density at radius 1 is 1.12 bits per heavy atom. The number of ether oxygens (including phenoxy) is 2. The molecule has 1 aromatic carbocycles. The van der Waals surface area contributed by atoms with E-state index in [2.05, 4.69) is 4.90 Å². The first-order chi connectivity index (χ1) is 11.7. The van der Waals surface area contributed by atoms with E-state index in [1.807, 2.05) is 0 Å². The lowest BCUT2D eigenvalue weighted by Gasteiger charge is -2.22. The van der Waals surface area contributed by atoms with E-state index in [-0.39, 0.29) is 12.1 Å². The molecule has 1 aliphatic carbocycles. The molecular weight excluding hydrogens is 304 g/mol. The Balaban J connectivity index is 1.54. The van der Waals surface area contributed by atoms with Crippen LogP contribution in [0.3, 0.4) is 0 Å². The third kappa shape index (κ3) is 4.63. The van der Waals surface area contributed by atoms with Gasteiger partial charge in [-0.1, -0.05) is 6.42 Å². The summed E-state index contributed by atoms with van der Waals surface area (Å²) in [6.45, 7) is 3.78. The minimum Gasteiger partial charge on any atom is -0.490 e. The molecule has 1 saturated carbocycles. The lowest BCUT2D eigenvalue weighted by Crippen LogP contribution is -2.25. The first-order valence-electron chi connectivity index (χ1n) is 9.18. The number of carbonyl (C=O) groups excluding carboxylic acids is 1. The van der Waals surface area contributed by atoms with E-state index < -0.39 is 0 Å². The summed E-state index contributed by atoms with van der Waals surface area (Å²) in [5.74, 6) is 0.304. The van der Waals surface area contributed by atoms with Crippen molar-refractivity contribution in [2.45, 2.75) is 51.0 Å². The Bertz CT molecular complexity index is 550. The molecule has 24 heavy (non-hydrogen) atoms. The van der Waals surface area contributed by atoms with Gasteiger partial charge in [0, 0.05) is 6.54 Å². The van der Waals surface area contributed by atoms with Crippen LogP contribution in [0.2, 0.25) is 0 Å². The molecule has 0 unspecified atom stereocenters. The van der Waals surface area contributed by atoms with Gasteiger partial charge in [0.2, 0.25) is 0 Å². The fraction of sp³-hybridized carbons (Fsp3) is 0.632. The van der Waals surface area contributed by atoms with Crippen LogP contribution in [0.25, 0.3) is 0 Å². The SMILES string of the molecule is Nc1ccc(C(=O)OC2CCCCC2)cc1OCCN1CCCC1. The van der Waals surface area contributed by atoms with E-state index in [4.69, 9.17) is 15.2 Å². The van der Waals surface area contributed by atoms with Crippen molar-refractivity contribution >= 4 is 11.7 Å². The molecule has 0 aromatic heterocycles. The summed E-state index contributed by atoms with van der Waals surface area (Å²) in [6.07, 6.45) is 8.07. The third-order valence-corrected chi connectivity index (χ3v) is 4.94. The van der Waals surface area contributed by atoms with E-state index >= 15 is 0 Å². The van der Waals surface area contributed by atoms with Crippen LogP contribution in [0.1, 0.15) is 55.3 Å². The summed E-state index contributed by atoms with van der Waals surface area (Å²) in [5.41, 5.74) is 7.06. The standard InChI is InChI=1S/C19H28N2O3/c20-17-9-8-15(19(22)24-16-6-2-1-3-7-16)14-18(17)23-13-12-21-10-4-5-11-21/h8-9,14,16H,1-7,10-13,20H2. The average molecular weight is 332 g/mol. The predicted molar refractivity (Wildman–Crippen MR) is 94.3 cm³/mol. The number of rotatable bonds is 6. The minimum absolute atomic E-state index is 0.0586. The van der Waals surface area contributed by atoms with Crippen molar-refractivity contribution in [3.05, 3.63) is 23.8 Å². The number of hydrogen-bond acceptors (Lipinski definition) is 5. The number of likely N-dealkylation sites (tertiary alicyclic amines) is 1.